The predicted octanol–water partition coefficient (Wildman–Crippen LogP) is 3.13. The molecule has 0 spiro atoms. The van der Waals surface area contributed by atoms with Gasteiger partial charge >= 0.3 is 8.80 Å². The van der Waals surface area contributed by atoms with Gasteiger partial charge in [0.05, 0.1) is 6.54 Å². The molecule has 0 bridgehead atoms. The van der Waals surface area contributed by atoms with E-state index in [-0.39, 0.29) is 41.5 Å². The Hall–Kier alpha value is -2.02. The normalized spacial score (nSPS) is 12.6. The molecule has 232 valence electrons. The molecule has 12 heteroatoms. The lowest BCUT2D eigenvalue weighted by atomic mass is 9.90. The summed E-state index contributed by atoms with van der Waals surface area (Å²) in [4.78, 5) is 43.3. The van der Waals surface area contributed by atoms with Gasteiger partial charge in [-0.2, -0.15) is 0 Å². The molecule has 0 aliphatic heterocycles. The third kappa shape index (κ3) is 21.5. The van der Waals surface area contributed by atoms with Gasteiger partial charge in [0.15, 0.2) is 0 Å². The molecule has 0 radical (unpaired) electrons. The summed E-state index contributed by atoms with van der Waals surface area (Å²) in [6.07, 6.45) is 3.25. The van der Waals surface area contributed by atoms with Crippen LogP contribution in [0, 0.1) is 17.3 Å². The zero-order valence-corrected chi connectivity index (χ0v) is 27.2. The van der Waals surface area contributed by atoms with Crippen LogP contribution in [-0.2, 0) is 32.5 Å². The second kappa shape index (κ2) is 23.8. The number of carbonyl (C=O) groups is 4. The van der Waals surface area contributed by atoms with E-state index in [0.29, 0.717) is 26.4 Å². The largest absolute Gasteiger partial charge is 0.500 e. The number of rotatable bonds is 18. The van der Waals surface area contributed by atoms with E-state index in [0.717, 1.165) is 31.7 Å². The summed E-state index contributed by atoms with van der Waals surface area (Å²) in [5.74, 6) is -0.714. The van der Waals surface area contributed by atoms with Gasteiger partial charge in [-0.3, -0.25) is 19.2 Å². The Morgan fingerprint density at radius 1 is 0.769 bits per heavy atom. The van der Waals surface area contributed by atoms with Gasteiger partial charge in [-0.15, -0.1) is 0 Å². The topological polar surface area (TPSA) is 172 Å². The first-order valence-electron chi connectivity index (χ1n) is 14.2. The number of hydrogen-bond donors (Lipinski definition) is 4. The summed E-state index contributed by atoms with van der Waals surface area (Å²) >= 11 is 0. The lowest BCUT2D eigenvalue weighted by molar-refractivity contribution is -0.127. The molecule has 0 aromatic rings. The maximum absolute atomic E-state index is 11.7. The van der Waals surface area contributed by atoms with Crippen molar-refractivity contribution in [3.8, 4) is 0 Å². The first kappa shape index (κ1) is 41.5. The fourth-order valence-corrected chi connectivity index (χ4v) is 5.20. The van der Waals surface area contributed by atoms with Crippen molar-refractivity contribution in [3.63, 3.8) is 0 Å². The maximum atomic E-state index is 11.7. The quantitative estimate of drug-likeness (QED) is 0.143. The van der Waals surface area contributed by atoms with E-state index < -0.39 is 14.7 Å². The van der Waals surface area contributed by atoms with Crippen molar-refractivity contribution in [2.45, 2.75) is 101 Å². The number of primary amides is 2. The smallest absolute Gasteiger partial charge is 0.374 e. The van der Waals surface area contributed by atoms with E-state index in [2.05, 4.69) is 10.6 Å². The summed E-state index contributed by atoms with van der Waals surface area (Å²) < 4.78 is 17.3. The van der Waals surface area contributed by atoms with Crippen molar-refractivity contribution in [2.24, 2.45) is 28.7 Å². The molecule has 0 saturated carbocycles. The van der Waals surface area contributed by atoms with E-state index in [1.54, 1.807) is 6.92 Å². The zero-order chi connectivity index (χ0) is 31.1. The van der Waals surface area contributed by atoms with Crippen LogP contribution in [0.2, 0.25) is 6.04 Å². The molecule has 6 N–H and O–H groups in total. The van der Waals surface area contributed by atoms with Crippen LogP contribution >= 0.6 is 0 Å². The highest BCUT2D eigenvalue weighted by molar-refractivity contribution is 6.60. The Kier molecular flexibility index (Phi) is 25.3. The van der Waals surface area contributed by atoms with Crippen LogP contribution in [0.1, 0.15) is 94.9 Å². The molecule has 4 amide bonds. The van der Waals surface area contributed by atoms with E-state index in [9.17, 15) is 19.2 Å². The molecule has 0 aliphatic rings. The minimum absolute atomic E-state index is 0.0469. The minimum atomic E-state index is -2.55. The van der Waals surface area contributed by atoms with Crippen molar-refractivity contribution < 1.29 is 32.5 Å². The van der Waals surface area contributed by atoms with Gasteiger partial charge in [-0.05, 0) is 46.5 Å². The number of nitrogens with two attached hydrogens (primary N) is 2. The monoisotopic (exact) mass is 578 g/mol. The minimum Gasteiger partial charge on any atom is -0.374 e. The Morgan fingerprint density at radius 2 is 1.18 bits per heavy atom. The van der Waals surface area contributed by atoms with Crippen LogP contribution in [0.25, 0.3) is 0 Å². The Morgan fingerprint density at radius 3 is 1.46 bits per heavy atom. The van der Waals surface area contributed by atoms with E-state index in [1.165, 1.54) is 0 Å². The van der Waals surface area contributed by atoms with Gasteiger partial charge < -0.3 is 35.4 Å². The van der Waals surface area contributed by atoms with Crippen LogP contribution in [0.5, 0.6) is 0 Å². The first-order valence-corrected chi connectivity index (χ1v) is 16.1. The summed E-state index contributed by atoms with van der Waals surface area (Å²) in [5.41, 5.74) is 9.55. The Balaban J connectivity index is -0.000000570. The highest BCUT2D eigenvalue weighted by atomic mass is 28.4. The van der Waals surface area contributed by atoms with Gasteiger partial charge in [-0.25, -0.2) is 0 Å². The van der Waals surface area contributed by atoms with Gasteiger partial charge in [0, 0.05) is 49.7 Å². The number of amides is 4. The molecule has 0 aliphatic carbocycles. The fourth-order valence-electron chi connectivity index (χ4n) is 2.59. The second-order valence-corrected chi connectivity index (χ2v) is 12.5. The van der Waals surface area contributed by atoms with Crippen LogP contribution < -0.4 is 22.1 Å². The molecule has 0 heterocycles. The molecule has 2 unspecified atom stereocenters. The van der Waals surface area contributed by atoms with E-state index in [1.807, 2.05) is 62.3 Å². The first-order chi connectivity index (χ1) is 18.1. The highest BCUT2D eigenvalue weighted by Gasteiger charge is 2.39. The molecular formula is C27H58N4O7Si. The van der Waals surface area contributed by atoms with Gasteiger partial charge in [0.2, 0.25) is 23.6 Å². The van der Waals surface area contributed by atoms with Gasteiger partial charge in [0.1, 0.15) is 0 Å². The third-order valence-electron chi connectivity index (χ3n) is 6.16. The average molecular weight is 579 g/mol. The molecule has 0 aromatic heterocycles. The molecule has 0 aromatic carbocycles. The summed E-state index contributed by atoms with van der Waals surface area (Å²) in [5, 5.41) is 5.37. The van der Waals surface area contributed by atoms with Crippen LogP contribution in [-0.4, -0.2) is 65.3 Å². The third-order valence-corrected chi connectivity index (χ3v) is 9.31. The molecule has 0 rings (SSSR count). The molecule has 39 heavy (non-hydrogen) atoms. The molecule has 0 fully saturated rings. The van der Waals surface area contributed by atoms with Crippen molar-refractivity contribution in [1.29, 1.82) is 0 Å². The SMILES string of the molecule is CCC(C)(C)C(N)=O.CCC(C)C(=O)NCC(N)=O.CCO[Si](CCCNC(=O)C(C)CC)(OCC)OCC. The van der Waals surface area contributed by atoms with Crippen molar-refractivity contribution in [2.75, 3.05) is 32.9 Å². The van der Waals surface area contributed by atoms with Crippen molar-refractivity contribution >= 4 is 32.4 Å². The second-order valence-electron chi connectivity index (χ2n) is 9.78. The lowest BCUT2D eigenvalue weighted by Crippen LogP contribution is -2.46. The zero-order valence-electron chi connectivity index (χ0n) is 26.2. The van der Waals surface area contributed by atoms with E-state index >= 15 is 0 Å². The highest BCUT2D eigenvalue weighted by Crippen LogP contribution is 2.18. The maximum Gasteiger partial charge on any atom is 0.500 e. The lowest BCUT2D eigenvalue weighted by Gasteiger charge is -2.28. The molecular weight excluding hydrogens is 520 g/mol. The van der Waals surface area contributed by atoms with Gasteiger partial charge in [-0.1, -0.05) is 48.5 Å². The summed E-state index contributed by atoms with van der Waals surface area (Å²) in [6.45, 7) is 21.5. The van der Waals surface area contributed by atoms with Gasteiger partial charge in [0.25, 0.3) is 0 Å². The summed E-state index contributed by atoms with van der Waals surface area (Å²) in [7, 11) is -2.55. The average Bonchev–Trinajstić information content (AvgIpc) is 2.89. The molecule has 11 nitrogen and oxygen atoms in total. The van der Waals surface area contributed by atoms with Crippen molar-refractivity contribution in [3.05, 3.63) is 0 Å². The molecule has 2 atom stereocenters. The van der Waals surface area contributed by atoms with Crippen molar-refractivity contribution in [1.82, 2.24) is 10.6 Å². The van der Waals surface area contributed by atoms with Crippen LogP contribution in [0.4, 0.5) is 0 Å². The van der Waals surface area contributed by atoms with Crippen LogP contribution in [0.15, 0.2) is 0 Å². The fraction of sp³-hybridized carbons (Fsp3) is 0.852. The standard InChI is InChI=1S/C14H31NO4Si.C7H14N2O2.C6H13NO/c1-6-13(5)14(16)15-11-10-12-20(17-7-2,18-8-3)19-9-4;1-3-5(2)7(11)9-4-6(8)10;1-4-6(2,3)5(7)8/h13H,6-12H2,1-5H3,(H,15,16);5H,3-4H2,1-2H3,(H2,8,10)(H,9,11);4H2,1-3H3,(H2,7,8). The Labute approximate surface area is 238 Å². The number of nitrogens with one attached hydrogen (secondary N) is 2. The number of hydrogen-bond acceptors (Lipinski definition) is 7. The Bertz CT molecular complexity index is 676. The predicted molar refractivity (Wildman–Crippen MR) is 157 cm³/mol. The summed E-state index contributed by atoms with van der Waals surface area (Å²) in [6, 6.07) is 0.739. The number of carbonyl (C=O) groups excluding carboxylic acids is 4. The van der Waals surface area contributed by atoms with Crippen LogP contribution in [0.3, 0.4) is 0 Å². The van der Waals surface area contributed by atoms with E-state index in [4.69, 9.17) is 24.7 Å². The molecule has 0 saturated heterocycles.